The lowest BCUT2D eigenvalue weighted by Gasteiger charge is -2.16. The summed E-state index contributed by atoms with van der Waals surface area (Å²) in [4.78, 5) is 0. The summed E-state index contributed by atoms with van der Waals surface area (Å²) in [6.07, 6.45) is 0. The van der Waals surface area contributed by atoms with Gasteiger partial charge in [0, 0.05) is 27.3 Å². The van der Waals surface area contributed by atoms with Gasteiger partial charge in [-0.05, 0) is 95.5 Å². The van der Waals surface area contributed by atoms with Crippen molar-refractivity contribution in [2.75, 3.05) is 0 Å². The molecule has 2 heteroatoms. The van der Waals surface area contributed by atoms with Gasteiger partial charge < -0.3 is 8.83 Å². The number of furan rings is 2. The van der Waals surface area contributed by atoms with Crippen molar-refractivity contribution in [2.45, 2.75) is 0 Å². The van der Waals surface area contributed by atoms with E-state index in [9.17, 15) is 0 Å². The van der Waals surface area contributed by atoms with Crippen LogP contribution in [0.2, 0.25) is 0 Å². The number of para-hydroxylation sites is 1. The van der Waals surface area contributed by atoms with Gasteiger partial charge in [0.1, 0.15) is 22.5 Å². The fraction of sp³-hybridized carbons (Fsp3) is 0. The monoisotopic (exact) mass is 712 g/mol. The van der Waals surface area contributed by atoms with E-state index in [-0.39, 0.29) is 0 Å². The molecule has 0 aliphatic rings. The van der Waals surface area contributed by atoms with Gasteiger partial charge in [0.05, 0.1) is 0 Å². The summed E-state index contributed by atoms with van der Waals surface area (Å²) in [7, 11) is 0. The maximum Gasteiger partial charge on any atom is 0.144 e. The molecule has 56 heavy (non-hydrogen) atoms. The highest BCUT2D eigenvalue weighted by molar-refractivity contribution is 6.27. The van der Waals surface area contributed by atoms with Gasteiger partial charge in [-0.1, -0.05) is 170 Å². The van der Waals surface area contributed by atoms with E-state index in [0.29, 0.717) is 0 Å². The molecule has 0 N–H and O–H groups in total. The molecule has 0 atom stereocenters. The molecule has 0 fully saturated rings. The van der Waals surface area contributed by atoms with Crippen LogP contribution in [0.3, 0.4) is 0 Å². The summed E-state index contributed by atoms with van der Waals surface area (Å²) in [5.74, 6) is 0.848. The average molecular weight is 713 g/mol. The van der Waals surface area contributed by atoms with E-state index in [0.717, 1.165) is 66.5 Å². The SMILES string of the molecule is c1ccc(-c2c(-c3cccc4oc5ccccc5c34)oc3ccc(-c4ccc(-c5ccc6ccc7c(-c8ccccc8)ccc8ccc5c6c87)cc4)cc23)cc1. The number of fused-ring (bicyclic) bond motifs is 4. The minimum absolute atomic E-state index is 0.848. The standard InChI is InChI=1S/C54H32O2/c1-3-10-34(11-4-1)40-27-22-37-25-30-43-41(28-23-38-24-29-42(40)50(37)51(38)43)35-20-18-33(19-21-35)39-26-31-48-46(32-39)52(36-12-5-2-6-13-36)54(56-48)45-15-9-17-49-53(45)44-14-7-8-16-47(44)55-49/h1-32H. The van der Waals surface area contributed by atoms with E-state index in [1.165, 1.54) is 54.6 Å². The third-order valence-corrected chi connectivity index (χ3v) is 11.7. The lowest BCUT2D eigenvalue weighted by Crippen LogP contribution is -1.89. The Bertz CT molecular complexity index is 3440. The molecule has 0 radical (unpaired) electrons. The molecule has 0 saturated heterocycles. The zero-order valence-electron chi connectivity index (χ0n) is 30.3. The van der Waals surface area contributed by atoms with Crippen molar-refractivity contribution in [2.24, 2.45) is 0 Å². The molecule has 2 aromatic heterocycles. The Morgan fingerprint density at radius 1 is 0.268 bits per heavy atom. The maximum atomic E-state index is 6.81. The van der Waals surface area contributed by atoms with Gasteiger partial charge in [0.25, 0.3) is 0 Å². The van der Waals surface area contributed by atoms with E-state index in [4.69, 9.17) is 8.83 Å². The summed E-state index contributed by atoms with van der Waals surface area (Å²) in [6, 6.07) is 69.7. The van der Waals surface area contributed by atoms with Crippen molar-refractivity contribution in [3.05, 3.63) is 194 Å². The first-order valence-electron chi connectivity index (χ1n) is 19.2. The molecule has 10 aromatic carbocycles. The van der Waals surface area contributed by atoms with Crippen LogP contribution in [0.15, 0.2) is 203 Å². The second kappa shape index (κ2) is 12.0. The molecule has 12 rings (SSSR count). The molecule has 0 saturated carbocycles. The first-order chi connectivity index (χ1) is 27.8. The van der Waals surface area contributed by atoms with E-state index in [2.05, 4.69) is 176 Å². The van der Waals surface area contributed by atoms with Crippen LogP contribution >= 0.6 is 0 Å². The van der Waals surface area contributed by atoms with Crippen molar-refractivity contribution in [3.8, 4) is 55.8 Å². The summed E-state index contributed by atoms with van der Waals surface area (Å²) in [5.41, 5.74) is 13.1. The minimum Gasteiger partial charge on any atom is -0.456 e. The van der Waals surface area contributed by atoms with E-state index >= 15 is 0 Å². The second-order valence-electron chi connectivity index (χ2n) is 14.8. The average Bonchev–Trinajstić information content (AvgIpc) is 3.85. The zero-order valence-corrected chi connectivity index (χ0v) is 30.3. The summed E-state index contributed by atoms with van der Waals surface area (Å²) in [5, 5.41) is 11.0. The first-order valence-corrected chi connectivity index (χ1v) is 19.2. The molecule has 2 nitrogen and oxygen atoms in total. The highest BCUT2D eigenvalue weighted by atomic mass is 16.3. The zero-order chi connectivity index (χ0) is 36.7. The fourth-order valence-corrected chi connectivity index (χ4v) is 9.09. The van der Waals surface area contributed by atoms with Crippen molar-refractivity contribution < 1.29 is 8.83 Å². The third-order valence-electron chi connectivity index (χ3n) is 11.7. The predicted molar refractivity (Wildman–Crippen MR) is 234 cm³/mol. The van der Waals surface area contributed by atoms with Crippen LogP contribution < -0.4 is 0 Å². The van der Waals surface area contributed by atoms with Gasteiger partial charge in [-0.25, -0.2) is 0 Å². The van der Waals surface area contributed by atoms with Gasteiger partial charge >= 0.3 is 0 Å². The van der Waals surface area contributed by atoms with Crippen LogP contribution in [0.1, 0.15) is 0 Å². The van der Waals surface area contributed by atoms with Crippen LogP contribution in [0, 0.1) is 0 Å². The lowest BCUT2D eigenvalue weighted by molar-refractivity contribution is 0.633. The Labute approximate surface area is 322 Å². The molecule has 0 aliphatic carbocycles. The number of rotatable bonds is 5. The van der Waals surface area contributed by atoms with Crippen LogP contribution in [-0.2, 0) is 0 Å². The maximum absolute atomic E-state index is 6.81. The van der Waals surface area contributed by atoms with Gasteiger partial charge in [0.2, 0.25) is 0 Å². The second-order valence-corrected chi connectivity index (χ2v) is 14.8. The highest BCUT2D eigenvalue weighted by Gasteiger charge is 2.22. The lowest BCUT2D eigenvalue weighted by atomic mass is 9.87. The molecule has 0 spiro atoms. The molecule has 0 bridgehead atoms. The summed E-state index contributed by atoms with van der Waals surface area (Å²) < 4.78 is 13.1. The predicted octanol–water partition coefficient (Wildman–Crippen LogP) is 15.6. The van der Waals surface area contributed by atoms with Crippen molar-refractivity contribution in [1.82, 2.24) is 0 Å². The Morgan fingerprint density at radius 2 is 0.821 bits per heavy atom. The van der Waals surface area contributed by atoms with Crippen LogP contribution in [0.5, 0.6) is 0 Å². The van der Waals surface area contributed by atoms with Gasteiger partial charge in [-0.3, -0.25) is 0 Å². The van der Waals surface area contributed by atoms with Gasteiger partial charge in [-0.2, -0.15) is 0 Å². The van der Waals surface area contributed by atoms with Crippen LogP contribution in [0.25, 0.3) is 121 Å². The van der Waals surface area contributed by atoms with Gasteiger partial charge in [-0.15, -0.1) is 0 Å². The Balaban J connectivity index is 0.986. The first kappa shape index (κ1) is 31.0. The molecule has 0 aliphatic heterocycles. The largest absolute Gasteiger partial charge is 0.456 e. The Morgan fingerprint density at radius 3 is 1.54 bits per heavy atom. The Hall–Kier alpha value is -7.42. The Kier molecular flexibility index (Phi) is 6.66. The number of hydrogen-bond donors (Lipinski definition) is 0. The van der Waals surface area contributed by atoms with Crippen molar-refractivity contribution in [3.63, 3.8) is 0 Å². The van der Waals surface area contributed by atoms with Crippen molar-refractivity contribution in [1.29, 1.82) is 0 Å². The quantitative estimate of drug-likeness (QED) is 0.166. The third kappa shape index (κ3) is 4.63. The topological polar surface area (TPSA) is 26.3 Å². The molecule has 2 heterocycles. The summed E-state index contributed by atoms with van der Waals surface area (Å²) >= 11 is 0. The van der Waals surface area contributed by atoms with E-state index in [1.54, 1.807) is 0 Å². The van der Waals surface area contributed by atoms with Crippen LogP contribution in [-0.4, -0.2) is 0 Å². The molecular formula is C54H32O2. The van der Waals surface area contributed by atoms with E-state index < -0.39 is 0 Å². The molecule has 12 aromatic rings. The van der Waals surface area contributed by atoms with E-state index in [1.807, 2.05) is 18.2 Å². The van der Waals surface area contributed by atoms with Crippen LogP contribution in [0.4, 0.5) is 0 Å². The molecule has 0 amide bonds. The number of hydrogen-bond acceptors (Lipinski definition) is 2. The molecule has 260 valence electrons. The fourth-order valence-electron chi connectivity index (χ4n) is 9.09. The van der Waals surface area contributed by atoms with Crippen molar-refractivity contribution >= 4 is 65.2 Å². The molecular weight excluding hydrogens is 681 g/mol. The minimum atomic E-state index is 0.848. The van der Waals surface area contributed by atoms with Gasteiger partial charge in [0.15, 0.2) is 0 Å². The number of benzene rings is 10. The molecule has 0 unspecified atom stereocenters. The summed E-state index contributed by atoms with van der Waals surface area (Å²) in [6.45, 7) is 0. The smallest absolute Gasteiger partial charge is 0.144 e. The highest BCUT2D eigenvalue weighted by Crippen LogP contribution is 2.47. The normalized spacial score (nSPS) is 11.9.